The molecule has 3 rings (SSSR count). The molecule has 0 aliphatic heterocycles. The molecule has 0 spiro atoms. The van der Waals surface area contributed by atoms with Crippen LogP contribution in [0.2, 0.25) is 0 Å². The Kier molecular flexibility index (Phi) is 2.53. The van der Waals surface area contributed by atoms with Crippen molar-refractivity contribution >= 4 is 11.5 Å². The standard InChI is InChI=1S/C12H13NO2S/c14-7-8-3-4-9-11(6-8)16-13-12(9)10-2-1-5-15-10/h1-2,5,8,14H,3-4,6-7H2. The lowest BCUT2D eigenvalue weighted by atomic mass is 9.88. The highest BCUT2D eigenvalue weighted by atomic mass is 32.1. The fraction of sp³-hybridized carbons (Fsp3) is 0.417. The minimum absolute atomic E-state index is 0.285. The van der Waals surface area contributed by atoms with Crippen LogP contribution in [0.3, 0.4) is 0 Å². The molecule has 84 valence electrons. The Labute approximate surface area is 97.9 Å². The number of aromatic nitrogens is 1. The van der Waals surface area contributed by atoms with Crippen LogP contribution in [0.25, 0.3) is 11.5 Å². The summed E-state index contributed by atoms with van der Waals surface area (Å²) in [5.74, 6) is 1.28. The fourth-order valence-corrected chi connectivity index (χ4v) is 3.26. The van der Waals surface area contributed by atoms with Gasteiger partial charge in [-0.15, -0.1) is 0 Å². The average Bonchev–Trinajstić information content (AvgIpc) is 2.96. The predicted octanol–water partition coefficient (Wildman–Crippen LogP) is 2.50. The van der Waals surface area contributed by atoms with E-state index >= 15 is 0 Å². The Morgan fingerprint density at radius 2 is 2.50 bits per heavy atom. The zero-order valence-electron chi connectivity index (χ0n) is 8.85. The van der Waals surface area contributed by atoms with Crippen molar-refractivity contribution in [2.24, 2.45) is 5.92 Å². The predicted molar refractivity (Wildman–Crippen MR) is 62.4 cm³/mol. The SMILES string of the molecule is OCC1CCc2c(-c3ccco3)nsc2C1. The van der Waals surface area contributed by atoms with Gasteiger partial charge < -0.3 is 9.52 Å². The zero-order valence-corrected chi connectivity index (χ0v) is 9.67. The first kappa shape index (κ1) is 10.1. The molecular weight excluding hydrogens is 222 g/mol. The third kappa shape index (κ3) is 1.58. The molecule has 16 heavy (non-hydrogen) atoms. The molecule has 1 unspecified atom stereocenters. The van der Waals surface area contributed by atoms with Gasteiger partial charge >= 0.3 is 0 Å². The first-order valence-corrected chi connectivity index (χ1v) is 6.28. The number of hydrogen-bond donors (Lipinski definition) is 1. The third-order valence-electron chi connectivity index (χ3n) is 3.16. The molecule has 0 bridgehead atoms. The molecular formula is C12H13NO2S. The molecule has 1 aliphatic rings. The number of aliphatic hydroxyl groups excluding tert-OH is 1. The maximum absolute atomic E-state index is 9.17. The van der Waals surface area contributed by atoms with E-state index in [-0.39, 0.29) is 6.61 Å². The van der Waals surface area contributed by atoms with Gasteiger partial charge in [0, 0.05) is 11.5 Å². The molecule has 0 saturated carbocycles. The van der Waals surface area contributed by atoms with E-state index in [0.29, 0.717) is 5.92 Å². The van der Waals surface area contributed by atoms with E-state index in [1.165, 1.54) is 10.4 Å². The lowest BCUT2D eigenvalue weighted by Gasteiger charge is -2.19. The largest absolute Gasteiger partial charge is 0.463 e. The second-order valence-electron chi connectivity index (χ2n) is 4.20. The highest BCUT2D eigenvalue weighted by Crippen LogP contribution is 2.35. The molecule has 4 heteroatoms. The van der Waals surface area contributed by atoms with Gasteiger partial charge in [-0.2, -0.15) is 4.37 Å². The quantitative estimate of drug-likeness (QED) is 0.870. The summed E-state index contributed by atoms with van der Waals surface area (Å²) in [6.45, 7) is 0.285. The summed E-state index contributed by atoms with van der Waals surface area (Å²) in [4.78, 5) is 1.32. The molecule has 0 amide bonds. The molecule has 3 nitrogen and oxygen atoms in total. The molecule has 0 fully saturated rings. The van der Waals surface area contributed by atoms with Crippen LogP contribution in [0.1, 0.15) is 16.9 Å². The summed E-state index contributed by atoms with van der Waals surface area (Å²) in [5.41, 5.74) is 2.33. The van der Waals surface area contributed by atoms with Crippen molar-refractivity contribution in [1.29, 1.82) is 0 Å². The molecule has 1 aliphatic carbocycles. The van der Waals surface area contributed by atoms with Gasteiger partial charge in [-0.3, -0.25) is 0 Å². The lowest BCUT2D eigenvalue weighted by Crippen LogP contribution is -2.15. The van der Waals surface area contributed by atoms with Crippen molar-refractivity contribution in [2.45, 2.75) is 19.3 Å². The van der Waals surface area contributed by atoms with Gasteiger partial charge in [-0.25, -0.2) is 0 Å². The van der Waals surface area contributed by atoms with Crippen LogP contribution in [0, 0.1) is 5.92 Å². The van der Waals surface area contributed by atoms with E-state index in [0.717, 1.165) is 30.7 Å². The maximum atomic E-state index is 9.17. The van der Waals surface area contributed by atoms with Crippen LogP contribution in [0.4, 0.5) is 0 Å². The average molecular weight is 235 g/mol. The van der Waals surface area contributed by atoms with E-state index in [4.69, 9.17) is 4.42 Å². The fourth-order valence-electron chi connectivity index (χ4n) is 2.24. The van der Waals surface area contributed by atoms with E-state index < -0.39 is 0 Å². The second kappa shape index (κ2) is 4.03. The van der Waals surface area contributed by atoms with E-state index in [9.17, 15) is 5.11 Å². The zero-order chi connectivity index (χ0) is 11.0. The number of furan rings is 1. The second-order valence-corrected chi connectivity index (χ2v) is 5.06. The number of aliphatic hydroxyl groups is 1. The Balaban J connectivity index is 1.97. The molecule has 0 aromatic carbocycles. The lowest BCUT2D eigenvalue weighted by molar-refractivity contribution is 0.214. The smallest absolute Gasteiger partial charge is 0.153 e. The van der Waals surface area contributed by atoms with E-state index in [2.05, 4.69) is 4.37 Å². The molecule has 0 saturated heterocycles. The van der Waals surface area contributed by atoms with Gasteiger partial charge in [0.25, 0.3) is 0 Å². The van der Waals surface area contributed by atoms with Crippen molar-refractivity contribution in [3.63, 3.8) is 0 Å². The van der Waals surface area contributed by atoms with Crippen LogP contribution < -0.4 is 0 Å². The topological polar surface area (TPSA) is 46.3 Å². The summed E-state index contributed by atoms with van der Waals surface area (Å²) in [5, 5.41) is 9.17. The molecule has 1 atom stereocenters. The van der Waals surface area contributed by atoms with Crippen LogP contribution in [0.15, 0.2) is 22.8 Å². The van der Waals surface area contributed by atoms with Gasteiger partial charge in [0.15, 0.2) is 5.76 Å². The highest BCUT2D eigenvalue weighted by molar-refractivity contribution is 7.06. The first-order chi connectivity index (χ1) is 7.88. The Hall–Kier alpha value is -1.13. The molecule has 0 radical (unpaired) electrons. The van der Waals surface area contributed by atoms with Crippen LogP contribution >= 0.6 is 11.5 Å². The van der Waals surface area contributed by atoms with Gasteiger partial charge in [0.1, 0.15) is 5.69 Å². The summed E-state index contributed by atoms with van der Waals surface area (Å²) < 4.78 is 9.87. The highest BCUT2D eigenvalue weighted by Gasteiger charge is 2.24. The van der Waals surface area contributed by atoms with Crippen LogP contribution in [-0.2, 0) is 12.8 Å². The molecule has 1 N–H and O–H groups in total. The summed E-state index contributed by atoms with van der Waals surface area (Å²) in [6, 6.07) is 3.84. The van der Waals surface area contributed by atoms with E-state index in [1.54, 1.807) is 17.8 Å². The van der Waals surface area contributed by atoms with E-state index in [1.807, 2.05) is 12.1 Å². The van der Waals surface area contributed by atoms with Gasteiger partial charge in [-0.05, 0) is 54.4 Å². The third-order valence-corrected chi connectivity index (χ3v) is 4.07. The van der Waals surface area contributed by atoms with Crippen molar-refractivity contribution in [2.75, 3.05) is 6.61 Å². The van der Waals surface area contributed by atoms with Crippen molar-refractivity contribution < 1.29 is 9.52 Å². The summed E-state index contributed by atoms with van der Waals surface area (Å²) in [7, 11) is 0. The van der Waals surface area contributed by atoms with Gasteiger partial charge in [0.05, 0.1) is 6.26 Å². The molecule has 2 aromatic heterocycles. The summed E-state index contributed by atoms with van der Waals surface area (Å²) in [6.07, 6.45) is 4.70. The molecule has 2 heterocycles. The van der Waals surface area contributed by atoms with Crippen molar-refractivity contribution in [3.8, 4) is 11.5 Å². The number of fused-ring (bicyclic) bond motifs is 1. The minimum atomic E-state index is 0.285. The number of rotatable bonds is 2. The Bertz CT molecular complexity index is 475. The maximum Gasteiger partial charge on any atom is 0.153 e. The van der Waals surface area contributed by atoms with Gasteiger partial charge in [0.2, 0.25) is 0 Å². The number of hydrogen-bond acceptors (Lipinski definition) is 4. The first-order valence-electron chi connectivity index (χ1n) is 5.50. The normalized spacial score (nSPS) is 19.7. The van der Waals surface area contributed by atoms with Crippen LogP contribution in [-0.4, -0.2) is 16.1 Å². The monoisotopic (exact) mass is 235 g/mol. The summed E-state index contributed by atoms with van der Waals surface area (Å²) >= 11 is 1.55. The Morgan fingerprint density at radius 3 is 3.25 bits per heavy atom. The van der Waals surface area contributed by atoms with Crippen LogP contribution in [0.5, 0.6) is 0 Å². The van der Waals surface area contributed by atoms with Crippen molar-refractivity contribution in [3.05, 3.63) is 28.8 Å². The molecule has 2 aromatic rings. The minimum Gasteiger partial charge on any atom is -0.463 e. The Morgan fingerprint density at radius 1 is 1.56 bits per heavy atom. The van der Waals surface area contributed by atoms with Crippen molar-refractivity contribution in [1.82, 2.24) is 4.37 Å². The van der Waals surface area contributed by atoms with Gasteiger partial charge in [-0.1, -0.05) is 0 Å². The number of nitrogens with zero attached hydrogens (tertiary/aromatic N) is 1.